The molecule has 0 aliphatic heterocycles. The smallest absolute Gasteiger partial charge is 0.143 e. The van der Waals surface area contributed by atoms with Gasteiger partial charge in [-0.3, -0.25) is 4.79 Å². The molecule has 1 saturated carbocycles. The minimum Gasteiger partial charge on any atom is -0.299 e. The highest BCUT2D eigenvalue weighted by Gasteiger charge is 2.44. The van der Waals surface area contributed by atoms with Crippen molar-refractivity contribution >= 4 is 5.78 Å². The van der Waals surface area contributed by atoms with Crippen molar-refractivity contribution in [3.05, 3.63) is 23.3 Å². The van der Waals surface area contributed by atoms with E-state index in [9.17, 15) is 4.79 Å². The third-order valence-corrected chi connectivity index (χ3v) is 4.60. The van der Waals surface area contributed by atoms with E-state index in [2.05, 4.69) is 27.4 Å². The molecule has 2 aliphatic rings. The van der Waals surface area contributed by atoms with E-state index in [1.165, 1.54) is 29.6 Å². The number of Topliss-reactive ketones (excluding diaryl/α,β-unsaturated/α-hetero) is 1. The van der Waals surface area contributed by atoms with Gasteiger partial charge < -0.3 is 0 Å². The van der Waals surface area contributed by atoms with E-state index >= 15 is 0 Å². The monoisotopic (exact) mass is 218 g/mol. The second kappa shape index (κ2) is 3.87. The molecule has 0 unspecified atom stereocenters. The van der Waals surface area contributed by atoms with Gasteiger partial charge in [-0.2, -0.15) is 0 Å². The Hall–Kier alpha value is -0.850. The number of rotatable bonds is 1. The standard InChI is InChI=1S/C15H22O/c1-10(2)12-8-13-11(3)6-5-7-15(13,4)14(16)9-12/h12H,1,5-9H2,2-4H3/t12-,15+/m1/s1. The van der Waals surface area contributed by atoms with Crippen LogP contribution in [0.4, 0.5) is 0 Å². The second-order valence-corrected chi connectivity index (χ2v) is 5.82. The Labute approximate surface area is 98.6 Å². The minimum atomic E-state index is -0.131. The summed E-state index contributed by atoms with van der Waals surface area (Å²) in [7, 11) is 0. The van der Waals surface area contributed by atoms with Crippen LogP contribution in [0.15, 0.2) is 23.3 Å². The molecule has 0 aromatic carbocycles. The highest BCUT2D eigenvalue weighted by Crippen LogP contribution is 2.49. The van der Waals surface area contributed by atoms with Gasteiger partial charge in [0.15, 0.2) is 0 Å². The summed E-state index contributed by atoms with van der Waals surface area (Å²) in [5.74, 6) is 0.837. The van der Waals surface area contributed by atoms with Crippen LogP contribution in [0.5, 0.6) is 0 Å². The highest BCUT2D eigenvalue weighted by atomic mass is 16.1. The van der Waals surface area contributed by atoms with Gasteiger partial charge in [0.1, 0.15) is 5.78 Å². The van der Waals surface area contributed by atoms with E-state index in [1.807, 2.05) is 0 Å². The summed E-state index contributed by atoms with van der Waals surface area (Å²) in [6, 6.07) is 0. The summed E-state index contributed by atoms with van der Waals surface area (Å²) in [4.78, 5) is 12.3. The summed E-state index contributed by atoms with van der Waals surface area (Å²) in [5, 5.41) is 0. The number of carbonyl (C=O) groups excluding carboxylic acids is 1. The minimum absolute atomic E-state index is 0.131. The Kier molecular flexibility index (Phi) is 2.81. The number of ketones is 1. The fraction of sp³-hybridized carbons (Fsp3) is 0.667. The first-order valence-electron chi connectivity index (χ1n) is 6.33. The van der Waals surface area contributed by atoms with Crippen LogP contribution in [-0.2, 0) is 4.79 Å². The number of hydrogen-bond donors (Lipinski definition) is 0. The van der Waals surface area contributed by atoms with Crippen molar-refractivity contribution < 1.29 is 4.79 Å². The second-order valence-electron chi connectivity index (χ2n) is 5.82. The van der Waals surface area contributed by atoms with Gasteiger partial charge in [-0.05, 0) is 52.4 Å². The Morgan fingerprint density at radius 1 is 1.44 bits per heavy atom. The van der Waals surface area contributed by atoms with Crippen LogP contribution in [0, 0.1) is 11.3 Å². The topological polar surface area (TPSA) is 17.1 Å². The number of hydrogen-bond acceptors (Lipinski definition) is 1. The molecule has 2 aliphatic carbocycles. The molecule has 1 heteroatoms. The average Bonchev–Trinajstić information content (AvgIpc) is 2.20. The van der Waals surface area contributed by atoms with Crippen LogP contribution >= 0.6 is 0 Å². The van der Waals surface area contributed by atoms with Gasteiger partial charge in [-0.15, -0.1) is 0 Å². The molecule has 16 heavy (non-hydrogen) atoms. The van der Waals surface area contributed by atoms with Crippen molar-refractivity contribution in [2.24, 2.45) is 11.3 Å². The molecule has 0 aromatic heterocycles. The van der Waals surface area contributed by atoms with E-state index in [0.29, 0.717) is 18.1 Å². The van der Waals surface area contributed by atoms with Gasteiger partial charge >= 0.3 is 0 Å². The quantitative estimate of drug-likeness (QED) is 0.607. The first-order valence-corrected chi connectivity index (χ1v) is 6.33. The van der Waals surface area contributed by atoms with E-state index in [0.717, 1.165) is 12.8 Å². The number of allylic oxidation sites excluding steroid dienone is 3. The Bertz CT molecular complexity index is 375. The Morgan fingerprint density at radius 2 is 2.12 bits per heavy atom. The summed E-state index contributed by atoms with van der Waals surface area (Å²) in [6.07, 6.45) is 5.20. The first-order chi connectivity index (χ1) is 7.45. The number of carbonyl (C=O) groups is 1. The average molecular weight is 218 g/mol. The normalized spacial score (nSPS) is 34.9. The van der Waals surface area contributed by atoms with E-state index in [-0.39, 0.29) is 5.41 Å². The van der Waals surface area contributed by atoms with Gasteiger partial charge in [0.2, 0.25) is 0 Å². The first kappa shape index (κ1) is 11.6. The van der Waals surface area contributed by atoms with Crippen LogP contribution < -0.4 is 0 Å². The van der Waals surface area contributed by atoms with E-state index in [4.69, 9.17) is 0 Å². The van der Waals surface area contributed by atoms with Crippen molar-refractivity contribution in [1.29, 1.82) is 0 Å². The molecular formula is C15H22O. The summed E-state index contributed by atoms with van der Waals surface area (Å²) >= 11 is 0. The van der Waals surface area contributed by atoms with Gasteiger partial charge in [0.25, 0.3) is 0 Å². The molecule has 88 valence electrons. The number of fused-ring (bicyclic) bond motifs is 1. The van der Waals surface area contributed by atoms with Gasteiger partial charge in [0.05, 0.1) is 0 Å². The molecular weight excluding hydrogens is 196 g/mol. The van der Waals surface area contributed by atoms with Gasteiger partial charge in [0, 0.05) is 11.8 Å². The summed E-state index contributed by atoms with van der Waals surface area (Å²) in [6.45, 7) is 10.4. The lowest BCUT2D eigenvalue weighted by molar-refractivity contribution is -0.129. The molecule has 0 spiro atoms. The third kappa shape index (κ3) is 1.66. The van der Waals surface area contributed by atoms with Crippen molar-refractivity contribution in [3.8, 4) is 0 Å². The zero-order valence-electron chi connectivity index (χ0n) is 10.7. The maximum Gasteiger partial charge on any atom is 0.143 e. The third-order valence-electron chi connectivity index (χ3n) is 4.60. The van der Waals surface area contributed by atoms with Crippen LogP contribution in [-0.4, -0.2) is 5.78 Å². The van der Waals surface area contributed by atoms with Crippen molar-refractivity contribution in [3.63, 3.8) is 0 Å². The molecule has 2 atom stereocenters. The molecule has 0 radical (unpaired) electrons. The molecule has 1 fully saturated rings. The lowest BCUT2D eigenvalue weighted by atomic mass is 9.60. The summed E-state index contributed by atoms with van der Waals surface area (Å²) < 4.78 is 0. The predicted molar refractivity (Wildman–Crippen MR) is 67.2 cm³/mol. The molecule has 0 saturated heterocycles. The fourth-order valence-corrected chi connectivity index (χ4v) is 3.30. The zero-order chi connectivity index (χ0) is 11.9. The van der Waals surface area contributed by atoms with Crippen LogP contribution in [0.3, 0.4) is 0 Å². The molecule has 0 bridgehead atoms. The zero-order valence-corrected chi connectivity index (χ0v) is 10.7. The molecule has 0 aromatic rings. The Morgan fingerprint density at radius 3 is 2.75 bits per heavy atom. The Balaban J connectivity index is 2.39. The largest absolute Gasteiger partial charge is 0.299 e. The maximum atomic E-state index is 12.3. The SMILES string of the molecule is C=C(C)[C@H]1CC(=O)[C@@]2(C)CCCC(C)=C2C1. The van der Waals surface area contributed by atoms with E-state index in [1.54, 1.807) is 0 Å². The lowest BCUT2D eigenvalue weighted by Crippen LogP contribution is -2.39. The molecule has 0 heterocycles. The van der Waals surface area contributed by atoms with Crippen LogP contribution in [0.2, 0.25) is 0 Å². The fourth-order valence-electron chi connectivity index (χ4n) is 3.30. The molecule has 2 rings (SSSR count). The maximum absolute atomic E-state index is 12.3. The van der Waals surface area contributed by atoms with Crippen molar-refractivity contribution in [2.45, 2.75) is 52.9 Å². The molecule has 1 nitrogen and oxygen atoms in total. The van der Waals surface area contributed by atoms with Gasteiger partial charge in [-0.1, -0.05) is 23.3 Å². The van der Waals surface area contributed by atoms with E-state index < -0.39 is 0 Å². The van der Waals surface area contributed by atoms with Crippen molar-refractivity contribution in [1.82, 2.24) is 0 Å². The molecule has 0 N–H and O–H groups in total. The van der Waals surface area contributed by atoms with Crippen LogP contribution in [0.1, 0.15) is 52.9 Å². The van der Waals surface area contributed by atoms with Crippen molar-refractivity contribution in [2.75, 3.05) is 0 Å². The highest BCUT2D eigenvalue weighted by molar-refractivity contribution is 5.89. The lowest BCUT2D eigenvalue weighted by Gasteiger charge is -2.43. The predicted octanol–water partition coefficient (Wildman–Crippen LogP) is 4.05. The molecule has 0 amide bonds. The summed E-state index contributed by atoms with van der Waals surface area (Å²) in [5.41, 5.74) is 3.94. The van der Waals surface area contributed by atoms with Gasteiger partial charge in [-0.25, -0.2) is 0 Å². The van der Waals surface area contributed by atoms with Crippen LogP contribution in [0.25, 0.3) is 0 Å².